The molecule has 0 aromatic heterocycles. The van der Waals surface area contributed by atoms with Crippen molar-refractivity contribution in [3.8, 4) is 16.9 Å². The van der Waals surface area contributed by atoms with Gasteiger partial charge in [0.2, 0.25) is 0 Å². The molecule has 0 radical (unpaired) electrons. The largest absolute Gasteiger partial charge is 0.496 e. The van der Waals surface area contributed by atoms with Gasteiger partial charge < -0.3 is 15.0 Å². The fraction of sp³-hybridized carbons (Fsp3) is 0.368. The van der Waals surface area contributed by atoms with Crippen LogP contribution in [0.5, 0.6) is 5.75 Å². The number of fused-ring (bicyclic) bond motifs is 3. The van der Waals surface area contributed by atoms with Crippen molar-refractivity contribution in [3.63, 3.8) is 0 Å². The van der Waals surface area contributed by atoms with Crippen molar-refractivity contribution in [3.05, 3.63) is 47.8 Å². The average Bonchev–Trinajstić information content (AvgIpc) is 2.75. The molecule has 2 heterocycles. The molecule has 2 aliphatic rings. The Hall–Kier alpha value is -2.07. The Morgan fingerprint density at radius 2 is 2.09 bits per heavy atom. The molecule has 1 N–H and O–H groups in total. The van der Waals surface area contributed by atoms with Gasteiger partial charge in [0.15, 0.2) is 0 Å². The minimum atomic E-state index is -0.235. The molecule has 2 aromatic rings. The third-order valence-electron chi connectivity index (χ3n) is 4.94. The van der Waals surface area contributed by atoms with Gasteiger partial charge in [0.1, 0.15) is 11.6 Å². The highest BCUT2D eigenvalue weighted by Crippen LogP contribution is 2.38. The summed E-state index contributed by atoms with van der Waals surface area (Å²) in [7, 11) is 1.63. The smallest absolute Gasteiger partial charge is 0.126 e. The first-order valence-corrected chi connectivity index (χ1v) is 8.20. The molecule has 1 fully saturated rings. The second-order valence-corrected chi connectivity index (χ2v) is 6.28. The fourth-order valence-electron chi connectivity index (χ4n) is 3.82. The standard InChI is InChI=1S/C19H21FN2O/c1-23-19-5-3-15(20)12-17(19)13-2-4-18-14(10-13)11-16-6-7-21-8-9-22(16)18/h2-5,10,12,16,21H,6-9,11H2,1H3. The number of nitrogens with zero attached hydrogens (tertiary/aromatic N) is 1. The Kier molecular flexibility index (Phi) is 3.69. The Morgan fingerprint density at radius 3 is 2.96 bits per heavy atom. The summed E-state index contributed by atoms with van der Waals surface area (Å²) in [5.41, 5.74) is 4.54. The number of methoxy groups -OCH3 is 1. The van der Waals surface area contributed by atoms with Gasteiger partial charge >= 0.3 is 0 Å². The summed E-state index contributed by atoms with van der Waals surface area (Å²) < 4.78 is 19.1. The van der Waals surface area contributed by atoms with Gasteiger partial charge in [0, 0.05) is 30.4 Å². The van der Waals surface area contributed by atoms with Crippen LogP contribution in [0.4, 0.5) is 10.1 Å². The first kappa shape index (κ1) is 14.5. The van der Waals surface area contributed by atoms with E-state index in [1.165, 1.54) is 23.7 Å². The van der Waals surface area contributed by atoms with Crippen LogP contribution < -0.4 is 15.0 Å². The molecule has 3 nitrogen and oxygen atoms in total. The summed E-state index contributed by atoms with van der Waals surface area (Å²) in [6, 6.07) is 11.7. The maximum atomic E-state index is 13.7. The van der Waals surface area contributed by atoms with E-state index in [0.717, 1.165) is 37.2 Å². The molecule has 120 valence electrons. The van der Waals surface area contributed by atoms with Crippen molar-refractivity contribution in [2.24, 2.45) is 0 Å². The number of nitrogens with one attached hydrogen (secondary N) is 1. The van der Waals surface area contributed by atoms with E-state index >= 15 is 0 Å². The van der Waals surface area contributed by atoms with E-state index < -0.39 is 0 Å². The van der Waals surface area contributed by atoms with Crippen LogP contribution in [0, 0.1) is 5.82 Å². The van der Waals surface area contributed by atoms with Crippen LogP contribution in [0.1, 0.15) is 12.0 Å². The van der Waals surface area contributed by atoms with Crippen LogP contribution in [0.3, 0.4) is 0 Å². The molecule has 1 saturated heterocycles. The molecule has 0 amide bonds. The van der Waals surface area contributed by atoms with Gasteiger partial charge in [0.05, 0.1) is 7.11 Å². The Morgan fingerprint density at radius 1 is 1.17 bits per heavy atom. The van der Waals surface area contributed by atoms with Crippen molar-refractivity contribution in [2.45, 2.75) is 18.9 Å². The number of ether oxygens (including phenoxy) is 1. The first-order chi connectivity index (χ1) is 11.3. The zero-order valence-corrected chi connectivity index (χ0v) is 13.3. The second-order valence-electron chi connectivity index (χ2n) is 6.28. The molecule has 1 unspecified atom stereocenters. The minimum absolute atomic E-state index is 0.235. The van der Waals surface area contributed by atoms with Gasteiger partial charge in [-0.2, -0.15) is 0 Å². The highest BCUT2D eigenvalue weighted by atomic mass is 19.1. The Labute approximate surface area is 136 Å². The van der Waals surface area contributed by atoms with Crippen molar-refractivity contribution in [2.75, 3.05) is 31.6 Å². The molecule has 2 aliphatic heterocycles. The number of anilines is 1. The lowest BCUT2D eigenvalue weighted by atomic mass is 9.99. The minimum Gasteiger partial charge on any atom is -0.496 e. The lowest BCUT2D eigenvalue weighted by Crippen LogP contribution is -2.32. The Balaban J connectivity index is 1.73. The second kappa shape index (κ2) is 5.85. The third kappa shape index (κ3) is 2.57. The average molecular weight is 312 g/mol. The predicted molar refractivity (Wildman–Crippen MR) is 90.7 cm³/mol. The molecule has 1 atom stereocenters. The number of rotatable bonds is 2. The van der Waals surface area contributed by atoms with Crippen LogP contribution in [-0.4, -0.2) is 32.8 Å². The van der Waals surface area contributed by atoms with Crippen LogP contribution in [0.2, 0.25) is 0 Å². The van der Waals surface area contributed by atoms with Crippen molar-refractivity contribution in [1.29, 1.82) is 0 Å². The number of benzene rings is 2. The molecular weight excluding hydrogens is 291 g/mol. The molecule has 2 aromatic carbocycles. The summed E-state index contributed by atoms with van der Waals surface area (Å²) in [5.74, 6) is 0.476. The van der Waals surface area contributed by atoms with E-state index in [2.05, 4.69) is 28.4 Å². The summed E-state index contributed by atoms with van der Waals surface area (Å²) in [6.07, 6.45) is 2.25. The summed E-state index contributed by atoms with van der Waals surface area (Å²) in [6.45, 7) is 3.18. The van der Waals surface area contributed by atoms with Gasteiger partial charge in [0.25, 0.3) is 0 Å². The van der Waals surface area contributed by atoms with E-state index in [4.69, 9.17) is 4.74 Å². The number of hydrogen-bond donors (Lipinski definition) is 1. The van der Waals surface area contributed by atoms with E-state index in [1.807, 2.05) is 0 Å². The fourth-order valence-corrected chi connectivity index (χ4v) is 3.82. The zero-order valence-electron chi connectivity index (χ0n) is 13.3. The normalized spacial score (nSPS) is 19.9. The molecule has 0 bridgehead atoms. The van der Waals surface area contributed by atoms with Crippen LogP contribution >= 0.6 is 0 Å². The molecule has 0 saturated carbocycles. The quantitative estimate of drug-likeness (QED) is 0.921. The van der Waals surface area contributed by atoms with E-state index in [-0.39, 0.29) is 5.82 Å². The molecule has 23 heavy (non-hydrogen) atoms. The van der Waals surface area contributed by atoms with Gasteiger partial charge in [-0.15, -0.1) is 0 Å². The molecular formula is C19H21FN2O. The van der Waals surface area contributed by atoms with Crippen LogP contribution in [0.25, 0.3) is 11.1 Å². The molecule has 0 spiro atoms. The topological polar surface area (TPSA) is 24.5 Å². The van der Waals surface area contributed by atoms with E-state index in [1.54, 1.807) is 19.2 Å². The predicted octanol–water partition coefficient (Wildman–Crippen LogP) is 3.23. The van der Waals surface area contributed by atoms with Crippen molar-refractivity contribution in [1.82, 2.24) is 5.32 Å². The number of halogens is 1. The Bertz CT molecular complexity index is 731. The SMILES string of the molecule is COc1ccc(F)cc1-c1ccc2c(c1)CC1CCNCCN21. The van der Waals surface area contributed by atoms with Gasteiger partial charge in [-0.3, -0.25) is 0 Å². The van der Waals surface area contributed by atoms with Crippen molar-refractivity contribution >= 4 is 5.69 Å². The molecule has 4 rings (SSSR count). The number of hydrogen-bond acceptors (Lipinski definition) is 3. The maximum absolute atomic E-state index is 13.7. The summed E-state index contributed by atoms with van der Waals surface area (Å²) in [4.78, 5) is 2.52. The van der Waals surface area contributed by atoms with E-state index in [0.29, 0.717) is 11.8 Å². The van der Waals surface area contributed by atoms with Crippen LogP contribution in [0.15, 0.2) is 36.4 Å². The highest BCUT2D eigenvalue weighted by Gasteiger charge is 2.30. The monoisotopic (exact) mass is 312 g/mol. The lowest BCUT2D eigenvalue weighted by Gasteiger charge is -2.24. The maximum Gasteiger partial charge on any atom is 0.126 e. The van der Waals surface area contributed by atoms with Crippen LogP contribution in [-0.2, 0) is 6.42 Å². The van der Waals surface area contributed by atoms with Crippen molar-refractivity contribution < 1.29 is 9.13 Å². The highest BCUT2D eigenvalue weighted by molar-refractivity contribution is 5.75. The summed E-state index contributed by atoms with van der Waals surface area (Å²) >= 11 is 0. The summed E-state index contributed by atoms with van der Waals surface area (Å²) in [5, 5.41) is 3.47. The third-order valence-corrected chi connectivity index (χ3v) is 4.94. The lowest BCUT2D eigenvalue weighted by molar-refractivity contribution is 0.415. The first-order valence-electron chi connectivity index (χ1n) is 8.20. The molecule has 4 heteroatoms. The zero-order chi connectivity index (χ0) is 15.8. The van der Waals surface area contributed by atoms with Gasteiger partial charge in [-0.05, 0) is 60.8 Å². The van der Waals surface area contributed by atoms with Gasteiger partial charge in [-0.25, -0.2) is 4.39 Å². The molecule has 0 aliphatic carbocycles. The van der Waals surface area contributed by atoms with E-state index in [9.17, 15) is 4.39 Å². The van der Waals surface area contributed by atoms with Gasteiger partial charge in [-0.1, -0.05) is 6.07 Å².